The monoisotopic (exact) mass is 430 g/mol. The number of nitrogens with zero attached hydrogens (tertiary/aromatic N) is 5. The first-order chi connectivity index (χ1) is 14.4. The highest BCUT2D eigenvalue weighted by Crippen LogP contribution is 2.68. The van der Waals surface area contributed by atoms with Crippen molar-refractivity contribution in [2.24, 2.45) is 5.41 Å². The Morgan fingerprint density at radius 3 is 2.73 bits per heavy atom. The third kappa shape index (κ3) is 2.38. The molecule has 30 heavy (non-hydrogen) atoms. The summed E-state index contributed by atoms with van der Waals surface area (Å²) in [6.45, 7) is 0.0758. The van der Waals surface area contributed by atoms with E-state index in [-0.39, 0.29) is 19.4 Å². The summed E-state index contributed by atoms with van der Waals surface area (Å²) in [5, 5.41) is 11.6. The molecule has 5 heterocycles. The number of nitrogens with one attached hydrogen (secondary N) is 1. The number of fused-ring (bicyclic) bond motifs is 2. The number of hydrogen-bond donors (Lipinski definition) is 1. The van der Waals surface area contributed by atoms with Crippen LogP contribution in [0.25, 0.3) is 33.5 Å². The summed E-state index contributed by atoms with van der Waals surface area (Å²) in [4.78, 5) is 8.44. The van der Waals surface area contributed by atoms with Crippen molar-refractivity contribution in [1.82, 2.24) is 29.9 Å². The van der Waals surface area contributed by atoms with Crippen molar-refractivity contribution in [1.29, 1.82) is 0 Å². The van der Waals surface area contributed by atoms with Crippen LogP contribution in [0.4, 0.5) is 13.2 Å². The summed E-state index contributed by atoms with van der Waals surface area (Å²) in [6.07, 6.45) is 4.35. The van der Waals surface area contributed by atoms with Crippen LogP contribution in [0.1, 0.15) is 23.9 Å². The maximum atomic E-state index is 14.1. The van der Waals surface area contributed by atoms with E-state index in [9.17, 15) is 13.2 Å². The van der Waals surface area contributed by atoms with Gasteiger partial charge in [-0.25, -0.2) is 18.2 Å². The van der Waals surface area contributed by atoms with Gasteiger partial charge in [-0.3, -0.25) is 14.8 Å². The lowest BCUT2D eigenvalue weighted by Gasteiger charge is -2.28. The molecular formula is C20H14ClF3N6. The molecule has 1 fully saturated rings. The maximum Gasteiger partial charge on any atom is 0.256 e. The lowest BCUT2D eigenvalue weighted by molar-refractivity contribution is 0.0453. The van der Waals surface area contributed by atoms with Crippen LogP contribution in [-0.2, 0) is 6.54 Å². The van der Waals surface area contributed by atoms with E-state index in [1.165, 1.54) is 12.1 Å². The van der Waals surface area contributed by atoms with E-state index >= 15 is 0 Å². The van der Waals surface area contributed by atoms with Gasteiger partial charge in [0.15, 0.2) is 5.65 Å². The van der Waals surface area contributed by atoms with Crippen LogP contribution in [-0.4, -0.2) is 35.9 Å². The second-order valence-corrected chi connectivity index (χ2v) is 8.48. The van der Waals surface area contributed by atoms with Crippen LogP contribution < -0.4 is 0 Å². The number of aromatic amines is 1. The van der Waals surface area contributed by atoms with Crippen LogP contribution in [0, 0.1) is 11.2 Å². The molecule has 2 aliphatic rings. The lowest BCUT2D eigenvalue weighted by atomic mass is 9.90. The highest BCUT2D eigenvalue weighted by molar-refractivity contribution is 6.21. The molecule has 1 spiro atoms. The van der Waals surface area contributed by atoms with Crippen molar-refractivity contribution < 1.29 is 13.2 Å². The molecule has 0 aromatic carbocycles. The first kappa shape index (κ1) is 17.9. The fourth-order valence-electron chi connectivity index (χ4n) is 4.51. The third-order valence-corrected chi connectivity index (χ3v) is 6.48. The molecule has 0 saturated heterocycles. The van der Waals surface area contributed by atoms with Crippen LogP contribution in [0.5, 0.6) is 0 Å². The molecule has 6 rings (SSSR count). The summed E-state index contributed by atoms with van der Waals surface area (Å²) < 4.78 is 43.3. The SMILES string of the molecule is Fc1ccc(-c2nn3c(c2-c2ccnc4[nH]ncc24)[C@H](Cl)C[C@]2(C3)CC2(F)F)nc1. The van der Waals surface area contributed by atoms with Crippen LogP contribution in [0.2, 0.25) is 0 Å². The molecule has 1 aliphatic carbocycles. The number of halogens is 4. The Labute approximate surface area is 173 Å². The summed E-state index contributed by atoms with van der Waals surface area (Å²) in [6, 6.07) is 4.62. The van der Waals surface area contributed by atoms with Gasteiger partial charge < -0.3 is 0 Å². The molecule has 4 aromatic heterocycles. The van der Waals surface area contributed by atoms with Crippen molar-refractivity contribution >= 4 is 22.6 Å². The van der Waals surface area contributed by atoms with Crippen LogP contribution in [0.15, 0.2) is 36.8 Å². The smallest absolute Gasteiger partial charge is 0.256 e. The van der Waals surface area contributed by atoms with Crippen LogP contribution in [0.3, 0.4) is 0 Å². The van der Waals surface area contributed by atoms with Gasteiger partial charge in [0.05, 0.1) is 41.1 Å². The van der Waals surface area contributed by atoms with Gasteiger partial charge in [-0.15, -0.1) is 11.6 Å². The minimum atomic E-state index is -2.74. The number of pyridine rings is 2. The van der Waals surface area contributed by atoms with E-state index < -0.39 is 22.5 Å². The number of hydrogen-bond acceptors (Lipinski definition) is 4. The van der Waals surface area contributed by atoms with Crippen molar-refractivity contribution in [2.75, 3.05) is 0 Å². The molecular weight excluding hydrogens is 417 g/mol. The summed E-state index contributed by atoms with van der Waals surface area (Å²) in [5.41, 5.74) is 2.42. The second-order valence-electron chi connectivity index (χ2n) is 7.95. The Balaban J connectivity index is 1.62. The molecule has 152 valence electrons. The fourth-order valence-corrected chi connectivity index (χ4v) is 5.03. The Bertz CT molecular complexity index is 1300. The zero-order chi connectivity index (χ0) is 20.7. The van der Waals surface area contributed by atoms with Crippen molar-refractivity contribution in [2.45, 2.75) is 30.7 Å². The predicted molar refractivity (Wildman–Crippen MR) is 104 cm³/mol. The molecule has 2 atom stereocenters. The zero-order valence-corrected chi connectivity index (χ0v) is 16.2. The Hall–Kier alpha value is -2.94. The summed E-state index contributed by atoms with van der Waals surface area (Å²) in [7, 11) is 0. The van der Waals surface area contributed by atoms with Gasteiger partial charge in [0.25, 0.3) is 5.92 Å². The number of rotatable bonds is 2. The number of H-pyrrole nitrogens is 1. The molecule has 4 aromatic rings. The average molecular weight is 431 g/mol. The van der Waals surface area contributed by atoms with E-state index in [0.717, 1.165) is 17.1 Å². The highest BCUT2D eigenvalue weighted by atomic mass is 35.5. The molecule has 10 heteroatoms. The molecule has 0 bridgehead atoms. The van der Waals surface area contributed by atoms with Crippen molar-refractivity contribution in [3.05, 3.63) is 48.3 Å². The first-order valence-corrected chi connectivity index (χ1v) is 9.85. The fraction of sp³-hybridized carbons (Fsp3) is 0.300. The number of alkyl halides is 3. The van der Waals surface area contributed by atoms with Crippen LogP contribution >= 0.6 is 11.6 Å². The molecule has 1 N–H and O–H groups in total. The Kier molecular flexibility index (Phi) is 3.46. The molecule has 0 amide bonds. The zero-order valence-electron chi connectivity index (χ0n) is 15.4. The van der Waals surface area contributed by atoms with Crippen molar-refractivity contribution in [3.63, 3.8) is 0 Å². The Morgan fingerprint density at radius 1 is 1.17 bits per heavy atom. The lowest BCUT2D eigenvalue weighted by Crippen LogP contribution is -2.28. The topological polar surface area (TPSA) is 72.3 Å². The largest absolute Gasteiger partial charge is 0.266 e. The van der Waals surface area contributed by atoms with Crippen molar-refractivity contribution in [3.8, 4) is 22.5 Å². The molecule has 1 aliphatic heterocycles. The van der Waals surface area contributed by atoms with E-state index in [0.29, 0.717) is 28.3 Å². The van der Waals surface area contributed by atoms with Gasteiger partial charge in [0.1, 0.15) is 11.5 Å². The minimum absolute atomic E-state index is 0.0758. The van der Waals surface area contributed by atoms with Gasteiger partial charge in [-0.1, -0.05) is 0 Å². The second kappa shape index (κ2) is 5.81. The van der Waals surface area contributed by atoms with E-state index in [2.05, 4.69) is 25.3 Å². The quantitative estimate of drug-likeness (QED) is 0.466. The third-order valence-electron chi connectivity index (χ3n) is 6.12. The summed E-state index contributed by atoms with van der Waals surface area (Å²) >= 11 is 6.69. The first-order valence-electron chi connectivity index (χ1n) is 9.42. The standard InChI is InChI=1S/C20H14ClF3N6/c21-13-5-19(8-20(19,23)24)9-30-17(13)15(11-3-4-25-18-12(11)7-27-28-18)16(29-30)14-2-1-10(22)6-26-14/h1-4,6-7,13H,5,8-9H2,(H,25,27,28)/t13-,19-/m1/s1. The van der Waals surface area contributed by atoms with E-state index in [1.54, 1.807) is 17.1 Å². The van der Waals surface area contributed by atoms with Gasteiger partial charge in [0.2, 0.25) is 0 Å². The molecule has 0 unspecified atom stereocenters. The average Bonchev–Trinajstić information content (AvgIpc) is 3.11. The molecule has 1 saturated carbocycles. The minimum Gasteiger partial charge on any atom is -0.266 e. The van der Waals surface area contributed by atoms with Gasteiger partial charge >= 0.3 is 0 Å². The highest BCUT2D eigenvalue weighted by Gasteiger charge is 2.72. The normalized spacial score (nSPS) is 24.3. The number of aromatic nitrogens is 6. The van der Waals surface area contributed by atoms with Gasteiger partial charge in [-0.05, 0) is 30.2 Å². The van der Waals surface area contributed by atoms with Gasteiger partial charge in [0, 0.05) is 23.6 Å². The van der Waals surface area contributed by atoms with Gasteiger partial charge in [-0.2, -0.15) is 10.2 Å². The summed E-state index contributed by atoms with van der Waals surface area (Å²) in [5.74, 6) is -3.22. The predicted octanol–water partition coefficient (Wildman–Crippen LogP) is 4.73. The van der Waals surface area contributed by atoms with E-state index in [1.807, 2.05) is 6.07 Å². The van der Waals surface area contributed by atoms with E-state index in [4.69, 9.17) is 11.6 Å². The molecule has 0 radical (unpaired) electrons. The maximum absolute atomic E-state index is 14.1. The Morgan fingerprint density at radius 2 is 2.00 bits per heavy atom. The molecule has 6 nitrogen and oxygen atoms in total.